The number of piperidine rings is 1. The molecule has 176 valence electrons. The van der Waals surface area contributed by atoms with Gasteiger partial charge in [0, 0.05) is 17.9 Å². The normalized spacial score (nSPS) is 20.1. The van der Waals surface area contributed by atoms with Crippen LogP contribution in [-0.4, -0.2) is 39.4 Å². The molecular formula is C27H37N5O. The van der Waals surface area contributed by atoms with Crippen molar-refractivity contribution in [2.75, 3.05) is 13.1 Å². The van der Waals surface area contributed by atoms with E-state index in [1.54, 1.807) is 6.20 Å². The fourth-order valence-electron chi connectivity index (χ4n) is 4.38. The lowest BCUT2D eigenvalue weighted by atomic mass is 9.78. The Bertz CT molecular complexity index is 994. The Morgan fingerprint density at radius 2 is 2.06 bits per heavy atom. The van der Waals surface area contributed by atoms with Gasteiger partial charge in [-0.2, -0.15) is 5.26 Å². The number of nitrogens with zero attached hydrogens (tertiary/aromatic N) is 3. The number of hydrogen-bond donors (Lipinski definition) is 2. The van der Waals surface area contributed by atoms with Crippen LogP contribution < -0.4 is 5.32 Å². The number of likely N-dealkylation sites (tertiary alicyclic amines) is 1. The summed E-state index contributed by atoms with van der Waals surface area (Å²) in [6.07, 6.45) is 21.1. The lowest BCUT2D eigenvalue weighted by molar-refractivity contribution is 0.0961. The second-order valence-electron chi connectivity index (χ2n) is 10.3. The summed E-state index contributed by atoms with van der Waals surface area (Å²) in [5.41, 5.74) is 3.10. The van der Waals surface area contributed by atoms with Crippen molar-refractivity contribution in [3.8, 4) is 6.07 Å². The Hall–Kier alpha value is -2.91. The van der Waals surface area contributed by atoms with Crippen LogP contribution in [-0.2, 0) is 0 Å². The van der Waals surface area contributed by atoms with Gasteiger partial charge in [0.15, 0.2) is 11.5 Å². The Balaban J connectivity index is 1.75. The second-order valence-corrected chi connectivity index (χ2v) is 10.3. The molecule has 1 aromatic rings. The maximum atomic E-state index is 12.2. The smallest absolute Gasteiger partial charge is 0.291 e. The van der Waals surface area contributed by atoms with E-state index in [0.29, 0.717) is 5.41 Å². The number of rotatable bonds is 7. The van der Waals surface area contributed by atoms with Gasteiger partial charge in [-0.1, -0.05) is 50.1 Å². The maximum absolute atomic E-state index is 12.2. The molecule has 0 spiro atoms. The molecule has 1 aromatic heterocycles. The van der Waals surface area contributed by atoms with E-state index < -0.39 is 0 Å². The summed E-state index contributed by atoms with van der Waals surface area (Å²) in [6, 6.07) is 1.91. The molecule has 0 bridgehead atoms. The number of carbonyl (C=O) groups is 1. The number of amides is 1. The Morgan fingerprint density at radius 3 is 2.70 bits per heavy atom. The third-order valence-electron chi connectivity index (χ3n) is 6.83. The summed E-state index contributed by atoms with van der Waals surface area (Å²) in [4.78, 5) is 21.4. The number of imidazole rings is 1. The summed E-state index contributed by atoms with van der Waals surface area (Å²) in [7, 11) is 0. The van der Waals surface area contributed by atoms with Gasteiger partial charge in [0.05, 0.1) is 0 Å². The zero-order valence-electron chi connectivity index (χ0n) is 20.4. The first-order valence-electron chi connectivity index (χ1n) is 12.0. The fourth-order valence-corrected chi connectivity index (χ4v) is 4.38. The number of H-pyrrole nitrogens is 1. The zero-order chi connectivity index (χ0) is 23.9. The number of aromatic amines is 1. The molecule has 1 fully saturated rings. The van der Waals surface area contributed by atoms with Crippen LogP contribution >= 0.6 is 0 Å². The number of allylic oxidation sites excluding steroid dienone is 5. The molecule has 2 N–H and O–H groups in total. The highest BCUT2D eigenvalue weighted by atomic mass is 16.2. The van der Waals surface area contributed by atoms with Gasteiger partial charge in [-0.15, -0.1) is 0 Å². The van der Waals surface area contributed by atoms with Crippen LogP contribution in [0, 0.1) is 16.7 Å². The average molecular weight is 448 g/mol. The molecule has 33 heavy (non-hydrogen) atoms. The summed E-state index contributed by atoms with van der Waals surface area (Å²) < 4.78 is 0. The van der Waals surface area contributed by atoms with Crippen molar-refractivity contribution >= 4 is 5.91 Å². The minimum Gasteiger partial charge on any atom is -0.339 e. The van der Waals surface area contributed by atoms with Crippen molar-refractivity contribution in [3.05, 3.63) is 65.4 Å². The Kier molecular flexibility index (Phi) is 8.10. The highest BCUT2D eigenvalue weighted by Gasteiger charge is 2.30. The molecule has 6 heteroatoms. The molecule has 0 radical (unpaired) electrons. The zero-order valence-corrected chi connectivity index (χ0v) is 20.4. The highest BCUT2D eigenvalue weighted by molar-refractivity contribution is 5.91. The van der Waals surface area contributed by atoms with Crippen LogP contribution in [0.2, 0.25) is 0 Å². The third kappa shape index (κ3) is 6.79. The van der Waals surface area contributed by atoms with Crippen molar-refractivity contribution in [1.29, 1.82) is 5.26 Å². The maximum Gasteiger partial charge on any atom is 0.291 e. The first-order valence-corrected chi connectivity index (χ1v) is 12.0. The average Bonchev–Trinajstić information content (AvgIpc) is 3.29. The monoisotopic (exact) mass is 447 g/mol. The third-order valence-corrected chi connectivity index (χ3v) is 6.83. The summed E-state index contributed by atoms with van der Waals surface area (Å²) in [5, 5.41) is 11.6. The van der Waals surface area contributed by atoms with Gasteiger partial charge in [0.2, 0.25) is 0 Å². The summed E-state index contributed by atoms with van der Waals surface area (Å²) in [6.45, 7) is 11.4. The van der Waals surface area contributed by atoms with Gasteiger partial charge in [0.1, 0.15) is 6.07 Å². The second kappa shape index (κ2) is 10.8. The van der Waals surface area contributed by atoms with E-state index in [1.165, 1.54) is 43.0 Å². The summed E-state index contributed by atoms with van der Waals surface area (Å²) >= 11 is 0. The summed E-state index contributed by atoms with van der Waals surface area (Å²) in [5.74, 6) is -0.246. The highest BCUT2D eigenvalue weighted by Crippen LogP contribution is 2.35. The molecule has 1 aliphatic carbocycles. The molecule has 0 saturated carbocycles. The predicted molar refractivity (Wildman–Crippen MR) is 132 cm³/mol. The van der Waals surface area contributed by atoms with E-state index in [4.69, 9.17) is 5.26 Å². The van der Waals surface area contributed by atoms with E-state index in [-0.39, 0.29) is 23.0 Å². The van der Waals surface area contributed by atoms with Crippen molar-refractivity contribution in [3.63, 3.8) is 0 Å². The largest absolute Gasteiger partial charge is 0.339 e. The van der Waals surface area contributed by atoms with Gasteiger partial charge in [-0.05, 0) is 76.1 Å². The quantitative estimate of drug-likeness (QED) is 0.548. The molecule has 2 heterocycles. The van der Waals surface area contributed by atoms with E-state index in [0.717, 1.165) is 25.9 Å². The molecule has 0 aromatic carbocycles. The minimum absolute atomic E-state index is 0.109. The van der Waals surface area contributed by atoms with Crippen LogP contribution in [0.1, 0.15) is 82.5 Å². The van der Waals surface area contributed by atoms with Crippen molar-refractivity contribution in [1.82, 2.24) is 20.2 Å². The van der Waals surface area contributed by atoms with E-state index >= 15 is 0 Å². The molecule has 6 nitrogen and oxygen atoms in total. The van der Waals surface area contributed by atoms with Gasteiger partial charge < -0.3 is 10.3 Å². The Morgan fingerprint density at radius 1 is 1.30 bits per heavy atom. The Labute approximate surface area is 198 Å². The molecule has 1 amide bonds. The van der Waals surface area contributed by atoms with E-state index in [1.807, 2.05) is 12.1 Å². The molecule has 1 aliphatic heterocycles. The lowest BCUT2D eigenvalue weighted by Gasteiger charge is -2.42. The molecular weight excluding hydrogens is 410 g/mol. The molecule has 0 unspecified atom stereocenters. The van der Waals surface area contributed by atoms with E-state index in [9.17, 15) is 4.79 Å². The van der Waals surface area contributed by atoms with Gasteiger partial charge >= 0.3 is 0 Å². The molecule has 0 atom stereocenters. The van der Waals surface area contributed by atoms with Gasteiger partial charge in [0.25, 0.3) is 5.91 Å². The van der Waals surface area contributed by atoms with Crippen molar-refractivity contribution in [2.45, 2.75) is 71.8 Å². The lowest BCUT2D eigenvalue weighted by Crippen LogP contribution is -2.47. The molecule has 2 aliphatic rings. The SMILES string of the molecule is CC1(C)CC=C(/C=C/C(=C\C=C\NC(=O)c2nc(C#N)c[nH]2)C(C)(C)N2CCCCC2)CC1. The fraction of sp³-hybridized carbons (Fsp3) is 0.519. The number of aromatic nitrogens is 2. The van der Waals surface area contributed by atoms with Gasteiger partial charge in [-0.3, -0.25) is 9.69 Å². The topological polar surface area (TPSA) is 84.8 Å². The minimum atomic E-state index is -0.372. The van der Waals surface area contributed by atoms with Crippen LogP contribution in [0.4, 0.5) is 0 Å². The van der Waals surface area contributed by atoms with Crippen LogP contribution in [0.15, 0.2) is 53.9 Å². The first kappa shape index (κ1) is 24.7. The van der Waals surface area contributed by atoms with Crippen molar-refractivity contribution < 1.29 is 4.79 Å². The first-order chi connectivity index (χ1) is 15.7. The van der Waals surface area contributed by atoms with Crippen molar-refractivity contribution in [2.24, 2.45) is 5.41 Å². The number of hydrogen-bond acceptors (Lipinski definition) is 4. The molecule has 1 saturated heterocycles. The van der Waals surface area contributed by atoms with E-state index in [2.05, 4.69) is 72.2 Å². The van der Waals surface area contributed by atoms with Gasteiger partial charge in [-0.25, -0.2) is 4.98 Å². The standard InChI is InChI=1S/C27H37N5O/c1-26(2)14-12-21(13-15-26)10-11-22(27(3,4)32-17-6-5-7-18-32)9-8-16-29-25(33)24-30-20-23(19-28)31-24/h8-12,16,20H,5-7,13-15,17-18H2,1-4H3,(H,29,33)(H,30,31)/b11-10+,16-8+,22-9+. The van der Waals surface area contributed by atoms with Crippen LogP contribution in [0.3, 0.4) is 0 Å². The van der Waals surface area contributed by atoms with Crippen LogP contribution in [0.25, 0.3) is 0 Å². The number of nitrogens with one attached hydrogen (secondary N) is 2. The van der Waals surface area contributed by atoms with Crippen LogP contribution in [0.5, 0.6) is 0 Å². The predicted octanol–water partition coefficient (Wildman–Crippen LogP) is 5.41. The number of nitriles is 1. The molecule has 3 rings (SSSR count). The number of carbonyl (C=O) groups excluding carboxylic acids is 1.